The average Bonchev–Trinajstić information content (AvgIpc) is 4.10. The van der Waals surface area contributed by atoms with Crippen LogP contribution in [0.25, 0.3) is 0 Å². The second kappa shape index (κ2) is 26.8. The quantitative estimate of drug-likeness (QED) is 0.0998. The Balaban J connectivity index is 0.000000171. The van der Waals surface area contributed by atoms with E-state index in [-0.39, 0.29) is 37.1 Å². The number of hydrogen-bond donors (Lipinski definition) is 2. The number of carbonyl (C=O) groups excluding carboxylic acids is 4. The van der Waals surface area contributed by atoms with Crippen molar-refractivity contribution in [3.63, 3.8) is 0 Å². The first-order valence-electron chi connectivity index (χ1n) is 25.3. The number of hydrogen-bond acceptors (Lipinski definition) is 11. The average molecular weight is 1030 g/mol. The van der Waals surface area contributed by atoms with Gasteiger partial charge in [0.05, 0.1) is 38.7 Å². The highest BCUT2D eigenvalue weighted by Crippen LogP contribution is 2.37. The first-order chi connectivity index (χ1) is 37.6. The van der Waals surface area contributed by atoms with Gasteiger partial charge in [0.2, 0.25) is 11.8 Å². The summed E-state index contributed by atoms with van der Waals surface area (Å²) in [6.07, 6.45) is -0.626. The van der Waals surface area contributed by atoms with E-state index in [2.05, 4.69) is 0 Å². The Morgan fingerprint density at radius 3 is 1.18 bits per heavy atom. The van der Waals surface area contributed by atoms with Crippen molar-refractivity contribution in [1.29, 1.82) is 0 Å². The van der Waals surface area contributed by atoms with Gasteiger partial charge in [-0.15, -0.1) is 0 Å². The lowest BCUT2D eigenvalue weighted by molar-refractivity contribution is -0.151. The van der Waals surface area contributed by atoms with Crippen molar-refractivity contribution in [2.75, 3.05) is 27.3 Å². The Morgan fingerprint density at radius 2 is 0.766 bits per heavy atom. The first kappa shape index (κ1) is 54.1. The molecule has 0 radical (unpaired) electrons. The predicted molar refractivity (Wildman–Crippen MR) is 292 cm³/mol. The smallest absolute Gasteiger partial charge is 0.328 e. The van der Waals surface area contributed by atoms with Gasteiger partial charge in [0.1, 0.15) is 29.7 Å². The van der Waals surface area contributed by atoms with Gasteiger partial charge in [0, 0.05) is 19.4 Å². The largest absolute Gasteiger partial charge is 0.504 e. The number of para-hydroxylation sites is 6. The van der Waals surface area contributed by atoms with Crippen LogP contribution in [0.15, 0.2) is 231 Å². The highest BCUT2D eigenvalue weighted by atomic mass is 16.5. The van der Waals surface area contributed by atoms with Crippen LogP contribution in [0.2, 0.25) is 0 Å². The van der Waals surface area contributed by atoms with Gasteiger partial charge in [0.25, 0.3) is 0 Å². The minimum Gasteiger partial charge on any atom is -0.504 e. The maximum Gasteiger partial charge on any atom is 0.328 e. The molecule has 0 saturated carbocycles. The van der Waals surface area contributed by atoms with E-state index in [1.807, 2.05) is 212 Å². The Bertz CT molecular complexity index is 3050. The van der Waals surface area contributed by atoms with Crippen LogP contribution in [-0.2, 0) is 28.7 Å². The number of rotatable bonds is 14. The minimum atomic E-state index is -0.755. The van der Waals surface area contributed by atoms with E-state index in [0.29, 0.717) is 35.2 Å². The lowest BCUT2D eigenvalue weighted by Crippen LogP contribution is -2.44. The number of nitrogens with zero attached hydrogens (tertiary/aromatic N) is 2. The maximum absolute atomic E-state index is 14.1. The summed E-state index contributed by atoms with van der Waals surface area (Å²) in [4.78, 5) is 55.4. The summed E-state index contributed by atoms with van der Waals surface area (Å²) in [6.45, 7) is 0.378. The number of phenolic OH excluding ortho intramolecular Hbond substituents is 1. The molecular weight excluding hydrogens is 973 g/mol. The van der Waals surface area contributed by atoms with E-state index in [9.17, 15) is 29.4 Å². The van der Waals surface area contributed by atoms with Crippen molar-refractivity contribution < 1.29 is 53.1 Å². The van der Waals surface area contributed by atoms with Gasteiger partial charge in [-0.1, -0.05) is 182 Å². The highest BCUT2D eigenvalue weighted by molar-refractivity contribution is 5.92. The van der Waals surface area contributed by atoms with Gasteiger partial charge < -0.3 is 43.7 Å². The van der Waals surface area contributed by atoms with E-state index < -0.39 is 48.1 Å². The summed E-state index contributed by atoms with van der Waals surface area (Å²) < 4.78 is 27.8. The third kappa shape index (κ3) is 14.1. The number of ether oxygens (including phenoxy) is 5. The third-order valence-electron chi connectivity index (χ3n) is 13.0. The van der Waals surface area contributed by atoms with Gasteiger partial charge in [-0.2, -0.15) is 0 Å². The number of esters is 2. The Morgan fingerprint density at radius 1 is 0.429 bits per heavy atom. The normalized spacial score (nSPS) is 16.5. The molecule has 2 heterocycles. The van der Waals surface area contributed by atoms with Crippen LogP contribution in [0, 0.1) is 0 Å². The number of amides is 2. The standard InChI is InChI=1S/C32H29NO5.C20H21NO4.C12H10O2/c1-36-32(35)27-21-26(38-29-20-12-11-19-28(29)37-25-17-9-4-10-18-25)22-33(27)31(34)30(23-13-5-2-6-14-23)24-15-7-3-8-16-24;1-25-20(24)17-12-16(22)13-21(17)19(23)18(14-8-4-2-5-9-14)15-10-6-3-7-11-15;13-11-8-4-5-9-12(11)14-10-6-2-1-3-7-10/h2-20,26-27,30H,21-22H2,1H3;2-11,16-18,22H,12-13H2,1H3;1-9,13H/t26-,27-;16-,17+;/m01./s1. The second-order valence-electron chi connectivity index (χ2n) is 18.2. The molecule has 2 aliphatic heterocycles. The molecule has 8 aromatic carbocycles. The lowest BCUT2D eigenvalue weighted by Gasteiger charge is -2.28. The predicted octanol–water partition coefficient (Wildman–Crippen LogP) is 11.0. The summed E-state index contributed by atoms with van der Waals surface area (Å²) in [6, 6.07) is 69.8. The van der Waals surface area contributed by atoms with Gasteiger partial charge in [-0.3, -0.25) is 9.59 Å². The molecule has 2 amide bonds. The number of β-amino-alcohol motifs (C(OH)–C–C–N with tert-alkyl or cyclic N) is 1. The molecule has 10 rings (SSSR count). The van der Waals surface area contributed by atoms with E-state index >= 15 is 0 Å². The fourth-order valence-corrected chi connectivity index (χ4v) is 9.36. The summed E-state index contributed by atoms with van der Waals surface area (Å²) in [7, 11) is 2.63. The first-order valence-corrected chi connectivity index (χ1v) is 25.3. The number of phenols is 1. The molecule has 0 bridgehead atoms. The molecule has 8 aromatic rings. The second-order valence-corrected chi connectivity index (χ2v) is 18.2. The fourth-order valence-electron chi connectivity index (χ4n) is 9.36. The van der Waals surface area contributed by atoms with Crippen molar-refractivity contribution >= 4 is 23.8 Å². The van der Waals surface area contributed by atoms with Crippen LogP contribution >= 0.6 is 0 Å². The number of carbonyl (C=O) groups is 4. The molecule has 0 aliphatic carbocycles. The molecule has 13 heteroatoms. The highest BCUT2D eigenvalue weighted by Gasteiger charge is 2.45. The molecule has 2 aliphatic rings. The number of benzene rings is 8. The van der Waals surface area contributed by atoms with Crippen LogP contribution in [-0.4, -0.2) is 95.4 Å². The van der Waals surface area contributed by atoms with Crippen molar-refractivity contribution in [2.24, 2.45) is 0 Å². The van der Waals surface area contributed by atoms with Crippen molar-refractivity contribution in [3.8, 4) is 34.5 Å². The van der Waals surface area contributed by atoms with E-state index in [1.165, 1.54) is 19.1 Å². The Labute approximate surface area is 448 Å². The van der Waals surface area contributed by atoms with Crippen molar-refractivity contribution in [3.05, 3.63) is 253 Å². The zero-order valence-corrected chi connectivity index (χ0v) is 42.7. The molecule has 392 valence electrons. The Hall–Kier alpha value is -9.20. The number of likely N-dealkylation sites (tertiary alicyclic amines) is 2. The molecule has 0 spiro atoms. The number of aliphatic hydroxyl groups excluding tert-OH is 1. The van der Waals surface area contributed by atoms with Gasteiger partial charge in [-0.05, 0) is 70.8 Å². The SMILES string of the molecule is COC(=O)[C@@H]1C[C@@H](O)CN1C(=O)C(c1ccccc1)c1ccccc1.COC(=O)[C@@H]1C[C@H](Oc2ccccc2Oc2ccccc2)CN1C(=O)C(c1ccccc1)c1ccccc1.Oc1ccccc1Oc1ccccc1. The van der Waals surface area contributed by atoms with Crippen LogP contribution in [0.4, 0.5) is 0 Å². The summed E-state index contributed by atoms with van der Waals surface area (Å²) in [5.74, 6) is 0.713. The molecule has 77 heavy (non-hydrogen) atoms. The Kier molecular flexibility index (Phi) is 18.9. The minimum absolute atomic E-state index is 0.134. The molecule has 4 atom stereocenters. The van der Waals surface area contributed by atoms with Crippen molar-refractivity contribution in [2.45, 2.75) is 49.0 Å². The van der Waals surface area contributed by atoms with Crippen molar-refractivity contribution in [1.82, 2.24) is 9.80 Å². The molecule has 2 fully saturated rings. The van der Waals surface area contributed by atoms with E-state index in [1.54, 1.807) is 23.1 Å². The number of methoxy groups -OCH3 is 2. The monoisotopic (exact) mass is 1030 g/mol. The van der Waals surface area contributed by atoms with Gasteiger partial charge in [-0.25, -0.2) is 9.59 Å². The molecule has 2 saturated heterocycles. The fraction of sp³-hybridized carbons (Fsp3) is 0.188. The molecule has 0 aromatic heterocycles. The van der Waals surface area contributed by atoms with Crippen LogP contribution < -0.4 is 14.2 Å². The topological polar surface area (TPSA) is 161 Å². The lowest BCUT2D eigenvalue weighted by atomic mass is 9.90. The zero-order valence-electron chi connectivity index (χ0n) is 42.7. The zero-order chi connectivity index (χ0) is 53.9. The number of aromatic hydroxyl groups is 1. The van der Waals surface area contributed by atoms with Gasteiger partial charge in [0.15, 0.2) is 23.0 Å². The van der Waals surface area contributed by atoms with Crippen LogP contribution in [0.1, 0.15) is 46.9 Å². The van der Waals surface area contributed by atoms with E-state index in [4.69, 9.17) is 23.7 Å². The third-order valence-corrected chi connectivity index (χ3v) is 13.0. The maximum atomic E-state index is 14.1. The molecule has 13 nitrogen and oxygen atoms in total. The van der Waals surface area contributed by atoms with Crippen LogP contribution in [0.3, 0.4) is 0 Å². The van der Waals surface area contributed by atoms with E-state index in [0.717, 1.165) is 22.3 Å². The molecule has 0 unspecified atom stereocenters. The summed E-state index contributed by atoms with van der Waals surface area (Å²) in [5.41, 5.74) is 3.42. The van der Waals surface area contributed by atoms with Gasteiger partial charge >= 0.3 is 11.9 Å². The molecule has 2 N–H and O–H groups in total. The molecular formula is C64H60N2O11. The summed E-state index contributed by atoms with van der Waals surface area (Å²) >= 11 is 0. The number of aliphatic hydroxyl groups is 1. The summed E-state index contributed by atoms with van der Waals surface area (Å²) in [5, 5.41) is 19.4. The van der Waals surface area contributed by atoms with Crippen LogP contribution in [0.5, 0.6) is 34.5 Å².